The standard InChI is InChI=1S/C18H19FN4O/c19-14-4-5-18-16(11-14)17(21-24-18)13-23-9-7-22(8-10-23)12-15-3-1-2-6-20-15/h1-6,11H,7-10,12-13H2. The van der Waals surface area contributed by atoms with Crippen molar-refractivity contribution in [1.29, 1.82) is 0 Å². The number of aromatic nitrogens is 2. The Hall–Kier alpha value is -2.31. The lowest BCUT2D eigenvalue weighted by Crippen LogP contribution is -2.45. The molecule has 6 heteroatoms. The van der Waals surface area contributed by atoms with Crippen molar-refractivity contribution in [2.24, 2.45) is 0 Å². The molecule has 0 unspecified atom stereocenters. The molecule has 24 heavy (non-hydrogen) atoms. The first-order chi connectivity index (χ1) is 11.8. The summed E-state index contributed by atoms with van der Waals surface area (Å²) in [6.45, 7) is 5.45. The number of fused-ring (bicyclic) bond motifs is 1. The number of rotatable bonds is 4. The topological polar surface area (TPSA) is 45.4 Å². The van der Waals surface area contributed by atoms with Crippen molar-refractivity contribution in [2.75, 3.05) is 26.2 Å². The zero-order valence-corrected chi connectivity index (χ0v) is 13.4. The van der Waals surface area contributed by atoms with Crippen LogP contribution in [0.25, 0.3) is 11.0 Å². The molecule has 0 aliphatic carbocycles. The average Bonchev–Trinajstić information content (AvgIpc) is 3.00. The predicted octanol–water partition coefficient (Wildman–Crippen LogP) is 2.68. The van der Waals surface area contributed by atoms with Gasteiger partial charge in [0.15, 0.2) is 5.58 Å². The van der Waals surface area contributed by atoms with Gasteiger partial charge in [0.2, 0.25) is 0 Å². The number of nitrogens with zero attached hydrogens (tertiary/aromatic N) is 4. The fraction of sp³-hybridized carbons (Fsp3) is 0.333. The van der Waals surface area contributed by atoms with Crippen LogP contribution in [0.5, 0.6) is 0 Å². The van der Waals surface area contributed by atoms with E-state index in [0.29, 0.717) is 12.1 Å². The molecule has 3 aromatic rings. The average molecular weight is 326 g/mol. The van der Waals surface area contributed by atoms with E-state index in [0.717, 1.165) is 49.5 Å². The molecule has 0 spiro atoms. The van der Waals surface area contributed by atoms with Crippen molar-refractivity contribution in [1.82, 2.24) is 19.9 Å². The maximum atomic E-state index is 13.4. The first kappa shape index (κ1) is 15.2. The third kappa shape index (κ3) is 3.29. The van der Waals surface area contributed by atoms with Crippen LogP contribution in [-0.4, -0.2) is 46.1 Å². The molecule has 1 aliphatic heterocycles. The maximum Gasteiger partial charge on any atom is 0.167 e. The number of hydrogen-bond acceptors (Lipinski definition) is 5. The normalized spacial score (nSPS) is 16.7. The van der Waals surface area contributed by atoms with E-state index >= 15 is 0 Å². The molecule has 3 heterocycles. The van der Waals surface area contributed by atoms with E-state index in [4.69, 9.17) is 4.52 Å². The summed E-state index contributed by atoms with van der Waals surface area (Å²) in [6, 6.07) is 10.5. The Morgan fingerprint density at radius 2 is 1.79 bits per heavy atom. The fourth-order valence-electron chi connectivity index (χ4n) is 3.11. The van der Waals surface area contributed by atoms with Gasteiger partial charge in [0.25, 0.3) is 0 Å². The molecule has 2 aromatic heterocycles. The third-order valence-electron chi connectivity index (χ3n) is 4.46. The van der Waals surface area contributed by atoms with Gasteiger partial charge in [0, 0.05) is 50.9 Å². The van der Waals surface area contributed by atoms with Crippen LogP contribution < -0.4 is 0 Å². The van der Waals surface area contributed by atoms with Crippen LogP contribution in [0.4, 0.5) is 4.39 Å². The van der Waals surface area contributed by atoms with E-state index in [9.17, 15) is 4.39 Å². The number of pyridine rings is 1. The molecule has 0 amide bonds. The van der Waals surface area contributed by atoms with Crippen LogP contribution >= 0.6 is 0 Å². The van der Waals surface area contributed by atoms with Gasteiger partial charge in [-0.15, -0.1) is 0 Å². The van der Waals surface area contributed by atoms with Crippen molar-refractivity contribution >= 4 is 11.0 Å². The Balaban J connectivity index is 1.36. The van der Waals surface area contributed by atoms with Crippen LogP contribution in [0.15, 0.2) is 47.1 Å². The monoisotopic (exact) mass is 326 g/mol. The van der Waals surface area contributed by atoms with Crippen molar-refractivity contribution in [3.63, 3.8) is 0 Å². The Morgan fingerprint density at radius 1 is 1.00 bits per heavy atom. The van der Waals surface area contributed by atoms with Gasteiger partial charge in [0.1, 0.15) is 11.5 Å². The molecule has 1 aliphatic rings. The third-order valence-corrected chi connectivity index (χ3v) is 4.46. The smallest absolute Gasteiger partial charge is 0.167 e. The maximum absolute atomic E-state index is 13.4. The summed E-state index contributed by atoms with van der Waals surface area (Å²) >= 11 is 0. The summed E-state index contributed by atoms with van der Waals surface area (Å²) in [5.41, 5.74) is 2.55. The van der Waals surface area contributed by atoms with Crippen LogP contribution in [-0.2, 0) is 13.1 Å². The molecule has 4 rings (SSSR count). The van der Waals surface area contributed by atoms with Crippen LogP contribution in [0.1, 0.15) is 11.4 Å². The molecule has 0 N–H and O–H groups in total. The lowest BCUT2D eigenvalue weighted by atomic mass is 10.2. The lowest BCUT2D eigenvalue weighted by Gasteiger charge is -2.34. The lowest BCUT2D eigenvalue weighted by molar-refractivity contribution is 0.119. The van der Waals surface area contributed by atoms with Crippen molar-refractivity contribution in [3.05, 3.63) is 59.8 Å². The molecular formula is C18H19FN4O. The second-order valence-corrected chi connectivity index (χ2v) is 6.14. The van der Waals surface area contributed by atoms with Crippen molar-refractivity contribution < 1.29 is 8.91 Å². The van der Waals surface area contributed by atoms with E-state index in [1.165, 1.54) is 12.1 Å². The minimum Gasteiger partial charge on any atom is -0.356 e. The van der Waals surface area contributed by atoms with Gasteiger partial charge >= 0.3 is 0 Å². The minimum absolute atomic E-state index is 0.257. The van der Waals surface area contributed by atoms with E-state index in [-0.39, 0.29) is 5.82 Å². The van der Waals surface area contributed by atoms with Crippen LogP contribution in [0, 0.1) is 5.82 Å². The Labute approximate surface area is 139 Å². The summed E-state index contributed by atoms with van der Waals surface area (Å²) in [6.07, 6.45) is 1.83. The van der Waals surface area contributed by atoms with Gasteiger partial charge in [-0.3, -0.25) is 14.8 Å². The van der Waals surface area contributed by atoms with Gasteiger partial charge in [-0.25, -0.2) is 4.39 Å². The molecule has 1 saturated heterocycles. The largest absolute Gasteiger partial charge is 0.356 e. The summed E-state index contributed by atoms with van der Waals surface area (Å²) < 4.78 is 18.7. The molecule has 124 valence electrons. The summed E-state index contributed by atoms with van der Waals surface area (Å²) in [5.74, 6) is -0.257. The highest BCUT2D eigenvalue weighted by Crippen LogP contribution is 2.21. The number of piperazine rings is 1. The summed E-state index contributed by atoms with van der Waals surface area (Å²) in [5, 5.41) is 4.88. The van der Waals surface area contributed by atoms with E-state index in [2.05, 4.69) is 26.0 Å². The minimum atomic E-state index is -0.257. The highest BCUT2D eigenvalue weighted by Gasteiger charge is 2.19. The van der Waals surface area contributed by atoms with Gasteiger partial charge in [0.05, 0.1) is 5.69 Å². The van der Waals surface area contributed by atoms with E-state index in [1.807, 2.05) is 18.3 Å². The fourth-order valence-corrected chi connectivity index (χ4v) is 3.11. The van der Waals surface area contributed by atoms with Crippen LogP contribution in [0.2, 0.25) is 0 Å². The second kappa shape index (κ2) is 6.67. The number of benzene rings is 1. The van der Waals surface area contributed by atoms with Gasteiger partial charge in [-0.1, -0.05) is 11.2 Å². The molecule has 5 nitrogen and oxygen atoms in total. The summed E-state index contributed by atoms with van der Waals surface area (Å²) in [4.78, 5) is 9.11. The molecule has 1 aromatic carbocycles. The number of halogens is 1. The number of hydrogen-bond donors (Lipinski definition) is 0. The zero-order chi connectivity index (χ0) is 16.4. The van der Waals surface area contributed by atoms with Crippen molar-refractivity contribution in [2.45, 2.75) is 13.1 Å². The highest BCUT2D eigenvalue weighted by molar-refractivity contribution is 5.79. The molecule has 0 radical (unpaired) electrons. The second-order valence-electron chi connectivity index (χ2n) is 6.14. The van der Waals surface area contributed by atoms with Crippen LogP contribution in [0.3, 0.4) is 0 Å². The van der Waals surface area contributed by atoms with Gasteiger partial charge < -0.3 is 4.52 Å². The molecule has 0 saturated carbocycles. The Kier molecular flexibility index (Phi) is 4.23. The van der Waals surface area contributed by atoms with Gasteiger partial charge in [-0.2, -0.15) is 0 Å². The Morgan fingerprint density at radius 3 is 2.54 bits per heavy atom. The van der Waals surface area contributed by atoms with E-state index in [1.54, 1.807) is 6.07 Å². The quantitative estimate of drug-likeness (QED) is 0.738. The van der Waals surface area contributed by atoms with E-state index < -0.39 is 0 Å². The molecule has 0 bridgehead atoms. The highest BCUT2D eigenvalue weighted by atomic mass is 19.1. The summed E-state index contributed by atoms with van der Waals surface area (Å²) in [7, 11) is 0. The van der Waals surface area contributed by atoms with Crippen molar-refractivity contribution in [3.8, 4) is 0 Å². The first-order valence-corrected chi connectivity index (χ1v) is 8.16. The van der Waals surface area contributed by atoms with Gasteiger partial charge in [-0.05, 0) is 30.3 Å². The predicted molar refractivity (Wildman–Crippen MR) is 88.8 cm³/mol. The molecule has 0 atom stereocenters. The SMILES string of the molecule is Fc1ccc2onc(CN3CCN(Cc4ccccn4)CC3)c2c1. The zero-order valence-electron chi connectivity index (χ0n) is 13.4. The molecule has 1 fully saturated rings. The Bertz CT molecular complexity index is 812. The first-order valence-electron chi connectivity index (χ1n) is 8.16. The molecular weight excluding hydrogens is 307 g/mol.